The predicted molar refractivity (Wildman–Crippen MR) is 132 cm³/mol. The Hall–Kier alpha value is -3.60. The Morgan fingerprint density at radius 1 is 1.14 bits per heavy atom. The molecule has 2 saturated heterocycles. The van der Waals surface area contributed by atoms with Crippen molar-refractivity contribution in [2.45, 2.75) is 56.4 Å². The molecule has 2 fully saturated rings. The Morgan fingerprint density at radius 3 is 2.64 bits per heavy atom. The molecule has 10 nitrogen and oxygen atoms in total. The van der Waals surface area contributed by atoms with Crippen LogP contribution in [-0.2, 0) is 0 Å². The van der Waals surface area contributed by atoms with Gasteiger partial charge in [0.1, 0.15) is 11.9 Å². The minimum atomic E-state index is -1.03. The number of benzene rings is 1. The van der Waals surface area contributed by atoms with E-state index in [1.54, 1.807) is 24.4 Å². The van der Waals surface area contributed by atoms with E-state index in [4.69, 9.17) is 9.47 Å². The van der Waals surface area contributed by atoms with Gasteiger partial charge in [-0.05, 0) is 44.7 Å². The molecule has 36 heavy (non-hydrogen) atoms. The molecule has 0 amide bonds. The van der Waals surface area contributed by atoms with Gasteiger partial charge in [0.2, 0.25) is 0 Å². The molecular formula is C25H30FN7O3. The first-order chi connectivity index (χ1) is 17.3. The number of hydrogen-bond acceptors (Lipinski definition) is 10. The smallest absolute Gasteiger partial charge is 0.278 e. The highest BCUT2D eigenvalue weighted by Crippen LogP contribution is 2.39. The molecule has 0 radical (unpaired) electrons. The van der Waals surface area contributed by atoms with Gasteiger partial charge >= 0.3 is 0 Å². The van der Waals surface area contributed by atoms with Crippen LogP contribution in [0, 0.1) is 0 Å². The highest BCUT2D eigenvalue weighted by atomic mass is 19.1. The highest BCUT2D eigenvalue weighted by Gasteiger charge is 2.49. The zero-order valence-electron chi connectivity index (χ0n) is 20.8. The summed E-state index contributed by atoms with van der Waals surface area (Å²) in [5, 5.41) is 22.7. The number of aromatic hydroxyl groups is 1. The lowest BCUT2D eigenvalue weighted by Gasteiger charge is -2.52. The molecule has 0 unspecified atom stereocenters. The van der Waals surface area contributed by atoms with Crippen molar-refractivity contribution in [2.75, 3.05) is 26.2 Å². The Balaban J connectivity index is 1.36. The van der Waals surface area contributed by atoms with E-state index in [0.717, 1.165) is 19.3 Å². The number of phenolic OH excluding ortho intramolecular Hbond substituents is 1. The first-order valence-electron chi connectivity index (χ1n) is 12.0. The van der Waals surface area contributed by atoms with Gasteiger partial charge < -0.3 is 24.8 Å². The van der Waals surface area contributed by atoms with Crippen LogP contribution in [0.15, 0.2) is 30.6 Å². The zero-order valence-corrected chi connectivity index (χ0v) is 20.8. The molecule has 0 spiro atoms. The molecule has 2 N–H and O–H groups in total. The second-order valence-corrected chi connectivity index (χ2v) is 9.61. The van der Waals surface area contributed by atoms with Crippen molar-refractivity contribution in [3.63, 3.8) is 0 Å². The number of aromatic nitrogens is 5. The monoisotopic (exact) mass is 495 g/mol. The van der Waals surface area contributed by atoms with Gasteiger partial charge in [-0.15, -0.1) is 10.2 Å². The SMILES string of the molecule is COc1ncc(-c2ccc(-c3ncc(N(C)[C@@H]4C[C@@H]5CCC[C@](C)(N5)[C@@H]4F)nn3)c(O)c2)nc1OC. The van der Waals surface area contributed by atoms with Crippen LogP contribution in [0.5, 0.6) is 17.5 Å². The first-order valence-corrected chi connectivity index (χ1v) is 12.0. The third kappa shape index (κ3) is 4.27. The number of halogens is 1. The van der Waals surface area contributed by atoms with E-state index >= 15 is 4.39 Å². The lowest BCUT2D eigenvalue weighted by atomic mass is 9.73. The number of anilines is 1. The van der Waals surface area contributed by atoms with E-state index in [0.29, 0.717) is 35.1 Å². The lowest BCUT2D eigenvalue weighted by molar-refractivity contribution is 0.0405. The van der Waals surface area contributed by atoms with Crippen LogP contribution in [0.2, 0.25) is 0 Å². The number of alkyl halides is 1. The van der Waals surface area contributed by atoms with Crippen LogP contribution >= 0.6 is 0 Å². The molecule has 2 aliphatic rings. The summed E-state index contributed by atoms with van der Waals surface area (Å²) in [7, 11) is 4.80. The summed E-state index contributed by atoms with van der Waals surface area (Å²) in [6.07, 6.45) is 5.70. The normalized spacial score (nSPS) is 25.3. The molecule has 11 heteroatoms. The summed E-state index contributed by atoms with van der Waals surface area (Å²) >= 11 is 0. The number of fused-ring (bicyclic) bond motifs is 2. The maximum absolute atomic E-state index is 15.5. The topological polar surface area (TPSA) is 118 Å². The molecule has 5 rings (SSSR count). The Morgan fingerprint density at radius 2 is 1.94 bits per heavy atom. The average Bonchev–Trinajstić information content (AvgIpc) is 2.90. The summed E-state index contributed by atoms with van der Waals surface area (Å²) < 4.78 is 25.8. The number of nitrogens with zero attached hydrogens (tertiary/aromatic N) is 6. The minimum absolute atomic E-state index is 0.0325. The fraction of sp³-hybridized carbons (Fsp3) is 0.480. The van der Waals surface area contributed by atoms with Gasteiger partial charge in [-0.25, -0.2) is 19.3 Å². The van der Waals surface area contributed by atoms with Gasteiger partial charge in [-0.1, -0.05) is 6.07 Å². The van der Waals surface area contributed by atoms with Crippen LogP contribution < -0.4 is 19.7 Å². The van der Waals surface area contributed by atoms with Crippen LogP contribution in [0.25, 0.3) is 22.6 Å². The summed E-state index contributed by atoms with van der Waals surface area (Å²) in [6.45, 7) is 1.97. The summed E-state index contributed by atoms with van der Waals surface area (Å²) in [5.41, 5.74) is 1.04. The van der Waals surface area contributed by atoms with Gasteiger partial charge in [0.15, 0.2) is 11.6 Å². The molecule has 4 heterocycles. The predicted octanol–water partition coefficient (Wildman–Crippen LogP) is 3.17. The standard InChI is InChI=1S/C25H30FN7O3/c1-25-9-5-6-15(30-25)11-18(21(25)26)33(2)20-13-27-22(32-31-20)16-8-7-14(10-19(16)34)17-12-28-23(35-3)24(29-17)36-4/h7-8,10,12-13,15,18,21,30,34H,5-6,9,11H2,1-4H3/t15-,18+,21+,25-/m0/s1. The fourth-order valence-electron chi connectivity index (χ4n) is 5.29. The van der Waals surface area contributed by atoms with E-state index in [9.17, 15) is 5.11 Å². The molecular weight excluding hydrogens is 465 g/mol. The van der Waals surface area contributed by atoms with Crippen molar-refractivity contribution < 1.29 is 19.0 Å². The lowest BCUT2D eigenvalue weighted by Crippen LogP contribution is -2.68. The maximum Gasteiger partial charge on any atom is 0.278 e. The zero-order chi connectivity index (χ0) is 25.4. The quantitative estimate of drug-likeness (QED) is 0.528. The fourth-order valence-corrected chi connectivity index (χ4v) is 5.29. The van der Waals surface area contributed by atoms with Gasteiger partial charge in [0.25, 0.3) is 11.8 Å². The molecule has 0 aliphatic carbocycles. The van der Waals surface area contributed by atoms with Crippen molar-refractivity contribution in [3.8, 4) is 40.2 Å². The number of ether oxygens (including phenoxy) is 2. The molecule has 0 saturated carbocycles. The molecule has 2 aliphatic heterocycles. The summed E-state index contributed by atoms with van der Waals surface area (Å²) in [4.78, 5) is 14.8. The largest absolute Gasteiger partial charge is 0.507 e. The van der Waals surface area contributed by atoms with Crippen LogP contribution in [0.3, 0.4) is 0 Å². The van der Waals surface area contributed by atoms with E-state index in [1.807, 2.05) is 18.9 Å². The van der Waals surface area contributed by atoms with Crippen molar-refractivity contribution in [3.05, 3.63) is 30.6 Å². The van der Waals surface area contributed by atoms with Gasteiger partial charge in [-0.2, -0.15) is 0 Å². The Kier molecular flexibility index (Phi) is 6.33. The number of piperidine rings is 2. The van der Waals surface area contributed by atoms with E-state index < -0.39 is 11.7 Å². The van der Waals surface area contributed by atoms with Crippen LogP contribution in [0.1, 0.15) is 32.6 Å². The minimum Gasteiger partial charge on any atom is -0.507 e. The highest BCUT2D eigenvalue weighted by molar-refractivity contribution is 5.71. The number of hydrogen-bond donors (Lipinski definition) is 2. The number of nitrogens with one attached hydrogen (secondary N) is 1. The van der Waals surface area contributed by atoms with Gasteiger partial charge in [-0.3, -0.25) is 0 Å². The molecule has 190 valence electrons. The van der Waals surface area contributed by atoms with Crippen molar-refractivity contribution in [2.24, 2.45) is 0 Å². The van der Waals surface area contributed by atoms with E-state index in [2.05, 4.69) is 30.5 Å². The maximum atomic E-state index is 15.5. The van der Waals surface area contributed by atoms with Crippen molar-refractivity contribution >= 4 is 5.82 Å². The van der Waals surface area contributed by atoms with E-state index in [-0.39, 0.29) is 29.4 Å². The Labute approximate surface area is 208 Å². The van der Waals surface area contributed by atoms with Gasteiger partial charge in [0, 0.05) is 24.2 Å². The second-order valence-electron chi connectivity index (χ2n) is 9.61. The summed E-state index contributed by atoms with van der Waals surface area (Å²) in [6, 6.07) is 5.01. The van der Waals surface area contributed by atoms with Gasteiger partial charge in [0.05, 0.1) is 43.9 Å². The number of rotatable bonds is 6. The van der Waals surface area contributed by atoms with Crippen molar-refractivity contribution in [1.29, 1.82) is 0 Å². The van der Waals surface area contributed by atoms with E-state index in [1.165, 1.54) is 20.4 Å². The Bertz CT molecular complexity index is 1240. The molecule has 4 atom stereocenters. The van der Waals surface area contributed by atoms with Crippen LogP contribution in [0.4, 0.5) is 10.2 Å². The average molecular weight is 496 g/mol. The van der Waals surface area contributed by atoms with Crippen molar-refractivity contribution in [1.82, 2.24) is 30.5 Å². The summed E-state index contributed by atoms with van der Waals surface area (Å²) in [5.74, 6) is 1.24. The number of methoxy groups -OCH3 is 2. The third-order valence-corrected chi connectivity index (χ3v) is 7.29. The molecule has 1 aromatic carbocycles. The number of phenols is 1. The van der Waals surface area contributed by atoms with Crippen LogP contribution in [-0.4, -0.2) is 75.3 Å². The first kappa shape index (κ1) is 24.1. The third-order valence-electron chi connectivity index (χ3n) is 7.29. The molecule has 2 aromatic heterocycles. The molecule has 3 aromatic rings. The second kappa shape index (κ2) is 9.45. The molecule has 2 bridgehead atoms.